The van der Waals surface area contributed by atoms with E-state index in [-0.39, 0.29) is 17.1 Å². The molecule has 0 bridgehead atoms. The van der Waals surface area contributed by atoms with Gasteiger partial charge in [-0.25, -0.2) is 13.2 Å². The van der Waals surface area contributed by atoms with Gasteiger partial charge in [-0.05, 0) is 49.4 Å². The Morgan fingerprint density at radius 3 is 2.41 bits per heavy atom. The maximum absolute atomic E-state index is 12.9. The van der Waals surface area contributed by atoms with Crippen molar-refractivity contribution in [3.05, 3.63) is 36.0 Å². The van der Waals surface area contributed by atoms with Crippen LogP contribution in [-0.4, -0.2) is 38.4 Å². The van der Waals surface area contributed by atoms with Crippen LogP contribution in [0.2, 0.25) is 0 Å². The number of esters is 1. The van der Waals surface area contributed by atoms with Crippen molar-refractivity contribution in [2.45, 2.75) is 32.1 Å². The quantitative estimate of drug-likeness (QED) is 0.455. The molecule has 1 heterocycles. The molecule has 1 saturated heterocycles. The highest BCUT2D eigenvalue weighted by atomic mass is 32.2. The van der Waals surface area contributed by atoms with Gasteiger partial charge in [0.15, 0.2) is 5.57 Å². The molecule has 0 aliphatic carbocycles. The Balaban J connectivity index is 2.12. The topological polar surface area (TPSA) is 99.5 Å². The molecule has 0 amide bonds. The predicted molar refractivity (Wildman–Crippen MR) is 102 cm³/mol. The highest BCUT2D eigenvalue weighted by molar-refractivity contribution is 7.89. The van der Waals surface area contributed by atoms with Crippen LogP contribution in [0.3, 0.4) is 0 Å². The SMILES string of the molecule is CCOC(=O)/C(C#N)=C/Nc1ccc(S(=O)(=O)N2C[C@H](C)C[C@H](C)C2)cc1. The summed E-state index contributed by atoms with van der Waals surface area (Å²) in [5.41, 5.74) is 0.399. The van der Waals surface area contributed by atoms with E-state index in [4.69, 9.17) is 10.00 Å². The van der Waals surface area contributed by atoms with Gasteiger partial charge in [-0.3, -0.25) is 0 Å². The number of nitrogens with zero attached hydrogens (tertiary/aromatic N) is 2. The van der Waals surface area contributed by atoms with Gasteiger partial charge in [0.1, 0.15) is 6.07 Å². The van der Waals surface area contributed by atoms with Crippen molar-refractivity contribution in [2.24, 2.45) is 11.8 Å². The van der Waals surface area contributed by atoms with Gasteiger partial charge in [0.2, 0.25) is 10.0 Å². The number of carbonyl (C=O) groups is 1. The van der Waals surface area contributed by atoms with Crippen LogP contribution in [0.1, 0.15) is 27.2 Å². The Morgan fingerprint density at radius 2 is 1.89 bits per heavy atom. The molecule has 0 aromatic heterocycles. The summed E-state index contributed by atoms with van der Waals surface area (Å²) in [6.07, 6.45) is 2.28. The molecular formula is C19H25N3O4S. The first-order chi connectivity index (χ1) is 12.8. The van der Waals surface area contributed by atoms with Crippen molar-refractivity contribution in [3.8, 4) is 6.07 Å². The molecule has 2 atom stereocenters. The summed E-state index contributed by atoms with van der Waals surface area (Å²) in [5, 5.41) is 11.8. The molecule has 1 N–H and O–H groups in total. The summed E-state index contributed by atoms with van der Waals surface area (Å²) in [7, 11) is -3.54. The van der Waals surface area contributed by atoms with E-state index < -0.39 is 16.0 Å². The van der Waals surface area contributed by atoms with Crippen molar-refractivity contribution in [3.63, 3.8) is 0 Å². The number of hydrogen-bond donors (Lipinski definition) is 1. The molecule has 0 saturated carbocycles. The first kappa shape index (κ1) is 20.9. The van der Waals surface area contributed by atoms with E-state index in [0.29, 0.717) is 30.6 Å². The fourth-order valence-electron chi connectivity index (χ4n) is 3.18. The minimum Gasteiger partial charge on any atom is -0.462 e. The van der Waals surface area contributed by atoms with Crippen LogP contribution < -0.4 is 5.32 Å². The van der Waals surface area contributed by atoms with E-state index in [1.165, 1.54) is 18.3 Å². The third-order valence-corrected chi connectivity index (χ3v) is 6.17. The maximum atomic E-state index is 12.9. The van der Waals surface area contributed by atoms with Gasteiger partial charge in [0, 0.05) is 25.0 Å². The summed E-state index contributed by atoms with van der Waals surface area (Å²) in [4.78, 5) is 11.8. The number of nitriles is 1. The van der Waals surface area contributed by atoms with Crippen LogP contribution in [0.25, 0.3) is 0 Å². The fourth-order valence-corrected chi connectivity index (χ4v) is 4.86. The molecule has 1 aromatic rings. The predicted octanol–water partition coefficient (Wildman–Crippen LogP) is 2.74. The van der Waals surface area contributed by atoms with Gasteiger partial charge in [-0.1, -0.05) is 13.8 Å². The first-order valence-corrected chi connectivity index (χ1v) is 10.4. The molecule has 2 rings (SSSR count). The number of hydrogen-bond acceptors (Lipinski definition) is 6. The molecule has 1 aliphatic rings. The van der Waals surface area contributed by atoms with Crippen LogP contribution in [0.4, 0.5) is 5.69 Å². The van der Waals surface area contributed by atoms with E-state index in [9.17, 15) is 13.2 Å². The van der Waals surface area contributed by atoms with E-state index in [1.807, 2.05) is 0 Å². The standard InChI is InChI=1S/C19H25N3O4S/c1-4-26-19(23)16(10-20)11-21-17-5-7-18(8-6-17)27(24,25)22-12-14(2)9-15(3)13-22/h5-8,11,14-15,21H,4,9,12-13H2,1-3H3/b16-11+/t14-,15+. The molecule has 1 aromatic carbocycles. The Kier molecular flexibility index (Phi) is 6.99. The summed E-state index contributed by atoms with van der Waals surface area (Å²) in [5.74, 6) is -0.0381. The summed E-state index contributed by atoms with van der Waals surface area (Å²) in [6, 6.07) is 8.00. The lowest BCUT2D eigenvalue weighted by atomic mass is 9.94. The second kappa shape index (κ2) is 9.02. The summed E-state index contributed by atoms with van der Waals surface area (Å²) in [6.45, 7) is 7.02. The van der Waals surface area contributed by atoms with Crippen molar-refractivity contribution < 1.29 is 17.9 Å². The van der Waals surface area contributed by atoms with E-state index in [0.717, 1.165) is 6.42 Å². The Morgan fingerprint density at radius 1 is 1.30 bits per heavy atom. The summed E-state index contributed by atoms with van der Waals surface area (Å²) < 4.78 is 32.0. The molecule has 1 fully saturated rings. The molecule has 7 nitrogen and oxygen atoms in total. The van der Waals surface area contributed by atoms with Gasteiger partial charge >= 0.3 is 5.97 Å². The van der Waals surface area contributed by atoms with Crippen molar-refractivity contribution in [1.29, 1.82) is 5.26 Å². The largest absolute Gasteiger partial charge is 0.462 e. The maximum Gasteiger partial charge on any atom is 0.350 e. The average Bonchev–Trinajstić information content (AvgIpc) is 2.62. The number of benzene rings is 1. The van der Waals surface area contributed by atoms with E-state index in [2.05, 4.69) is 19.2 Å². The molecular weight excluding hydrogens is 366 g/mol. The Bertz CT molecular complexity index is 831. The molecule has 0 radical (unpaired) electrons. The van der Waals surface area contributed by atoms with Crippen molar-refractivity contribution in [2.75, 3.05) is 25.0 Å². The van der Waals surface area contributed by atoms with Crippen molar-refractivity contribution in [1.82, 2.24) is 4.31 Å². The number of anilines is 1. The number of piperidine rings is 1. The minimum absolute atomic E-state index is 0.162. The molecule has 146 valence electrons. The van der Waals surface area contributed by atoms with Gasteiger partial charge in [-0.15, -0.1) is 0 Å². The number of rotatable bonds is 6. The molecule has 0 spiro atoms. The van der Waals surface area contributed by atoms with E-state index >= 15 is 0 Å². The number of sulfonamides is 1. The second-order valence-electron chi connectivity index (χ2n) is 6.83. The minimum atomic E-state index is -3.54. The monoisotopic (exact) mass is 391 g/mol. The smallest absolute Gasteiger partial charge is 0.350 e. The number of ether oxygens (including phenoxy) is 1. The second-order valence-corrected chi connectivity index (χ2v) is 8.77. The highest BCUT2D eigenvalue weighted by Gasteiger charge is 2.31. The van der Waals surface area contributed by atoms with Crippen LogP contribution in [0.5, 0.6) is 0 Å². The van der Waals surface area contributed by atoms with E-state index in [1.54, 1.807) is 29.4 Å². The van der Waals surface area contributed by atoms with Crippen LogP contribution in [-0.2, 0) is 19.6 Å². The Hall–Kier alpha value is -2.37. The fraction of sp³-hybridized carbons (Fsp3) is 0.474. The third kappa shape index (κ3) is 5.31. The van der Waals surface area contributed by atoms with Crippen LogP contribution in [0.15, 0.2) is 40.9 Å². The molecule has 27 heavy (non-hydrogen) atoms. The number of carbonyl (C=O) groups excluding carboxylic acids is 1. The Labute approximate surface area is 160 Å². The van der Waals surface area contributed by atoms with Crippen LogP contribution >= 0.6 is 0 Å². The zero-order valence-corrected chi connectivity index (χ0v) is 16.6. The van der Waals surface area contributed by atoms with Crippen molar-refractivity contribution >= 4 is 21.7 Å². The lowest BCUT2D eigenvalue weighted by Gasteiger charge is -2.34. The molecule has 1 aliphatic heterocycles. The van der Waals surface area contributed by atoms with Crippen LogP contribution in [0, 0.1) is 23.2 Å². The lowest BCUT2D eigenvalue weighted by molar-refractivity contribution is -0.138. The highest BCUT2D eigenvalue weighted by Crippen LogP contribution is 2.27. The first-order valence-electron chi connectivity index (χ1n) is 8.92. The molecule has 8 heteroatoms. The average molecular weight is 391 g/mol. The summed E-state index contributed by atoms with van der Waals surface area (Å²) >= 11 is 0. The third-order valence-electron chi connectivity index (χ3n) is 4.33. The van der Waals surface area contributed by atoms with Gasteiger partial charge in [0.05, 0.1) is 11.5 Å². The zero-order valence-electron chi connectivity index (χ0n) is 15.8. The number of nitrogens with one attached hydrogen (secondary N) is 1. The van der Waals surface area contributed by atoms with Gasteiger partial charge in [0.25, 0.3) is 0 Å². The van der Waals surface area contributed by atoms with Gasteiger partial charge in [-0.2, -0.15) is 9.57 Å². The lowest BCUT2D eigenvalue weighted by Crippen LogP contribution is -2.42. The molecule has 0 unspecified atom stereocenters. The zero-order chi connectivity index (χ0) is 20.0. The normalized spacial score (nSPS) is 21.3. The van der Waals surface area contributed by atoms with Gasteiger partial charge < -0.3 is 10.1 Å².